The molecule has 2 N–H and O–H groups in total. The van der Waals surface area contributed by atoms with Gasteiger partial charge in [-0.2, -0.15) is 0 Å². The number of hydrogen-bond acceptors (Lipinski definition) is 3. The van der Waals surface area contributed by atoms with Gasteiger partial charge in [-0.25, -0.2) is 4.39 Å². The maximum Gasteiger partial charge on any atom is 0.170 e. The lowest BCUT2D eigenvalue weighted by Crippen LogP contribution is -2.36. The normalized spacial score (nSPS) is 12.2. The van der Waals surface area contributed by atoms with E-state index in [1.807, 2.05) is 31.1 Å². The number of hydrogen-bond donors (Lipinski definition) is 2. The Morgan fingerprint density at radius 3 is 2.77 bits per heavy atom. The van der Waals surface area contributed by atoms with E-state index in [9.17, 15) is 4.39 Å². The maximum atomic E-state index is 13.1. The Balaban J connectivity index is 1.92. The summed E-state index contributed by atoms with van der Waals surface area (Å²) in [5.74, 6) is 0.390. The Kier molecular flexibility index (Phi) is 5.76. The van der Waals surface area contributed by atoms with E-state index in [2.05, 4.69) is 10.6 Å². The minimum Gasteiger partial charge on any atom is -0.468 e. The van der Waals surface area contributed by atoms with Crippen LogP contribution in [0.15, 0.2) is 41.0 Å². The minimum atomic E-state index is -0.461. The lowest BCUT2D eigenvalue weighted by molar-refractivity contribution is 0.259. The summed E-state index contributed by atoms with van der Waals surface area (Å²) in [6.45, 7) is 0.571. The molecule has 0 unspecified atom stereocenters. The van der Waals surface area contributed by atoms with Crippen LogP contribution in [-0.4, -0.2) is 30.7 Å². The van der Waals surface area contributed by atoms with Crippen molar-refractivity contribution in [3.05, 3.63) is 53.2 Å². The Morgan fingerprint density at radius 1 is 1.41 bits per heavy atom. The van der Waals surface area contributed by atoms with Crippen LogP contribution in [0.2, 0.25) is 5.02 Å². The van der Waals surface area contributed by atoms with Crippen LogP contribution in [0.1, 0.15) is 11.8 Å². The van der Waals surface area contributed by atoms with Gasteiger partial charge in [-0.3, -0.25) is 4.90 Å². The Morgan fingerprint density at radius 2 is 2.18 bits per heavy atom. The molecule has 0 aliphatic carbocycles. The standard InChI is InChI=1S/C15H17ClFN3OS/c1-20(2)13(14-4-3-7-21-14)9-18-15(22)19-10-5-6-12(17)11(16)8-10/h3-8,13H,9H2,1-2H3,(H2,18,19,22)/t13-/m0/s1. The molecular formula is C15H17ClFN3OS. The predicted octanol–water partition coefficient (Wildman–Crippen LogP) is 3.66. The summed E-state index contributed by atoms with van der Waals surface area (Å²) in [7, 11) is 3.93. The molecule has 1 aromatic carbocycles. The smallest absolute Gasteiger partial charge is 0.170 e. The Hall–Kier alpha value is -1.63. The van der Waals surface area contributed by atoms with E-state index in [0.717, 1.165) is 5.76 Å². The first-order valence-electron chi connectivity index (χ1n) is 6.67. The Labute approximate surface area is 139 Å². The van der Waals surface area contributed by atoms with Crippen molar-refractivity contribution in [1.29, 1.82) is 0 Å². The number of rotatable bonds is 5. The lowest BCUT2D eigenvalue weighted by atomic mass is 10.2. The van der Waals surface area contributed by atoms with Crippen molar-refractivity contribution in [3.8, 4) is 0 Å². The van der Waals surface area contributed by atoms with E-state index < -0.39 is 5.82 Å². The van der Waals surface area contributed by atoms with Crippen LogP contribution in [0.4, 0.5) is 10.1 Å². The highest BCUT2D eigenvalue weighted by Gasteiger charge is 2.17. The minimum absolute atomic E-state index is 0.0477. The second-order valence-corrected chi connectivity index (χ2v) is 5.77. The molecule has 1 aromatic heterocycles. The predicted molar refractivity (Wildman–Crippen MR) is 90.8 cm³/mol. The topological polar surface area (TPSA) is 40.4 Å². The van der Waals surface area contributed by atoms with Crippen molar-refractivity contribution < 1.29 is 8.81 Å². The molecule has 0 radical (unpaired) electrons. The quantitative estimate of drug-likeness (QED) is 0.812. The van der Waals surface area contributed by atoms with Gasteiger partial charge in [0.15, 0.2) is 5.11 Å². The second-order valence-electron chi connectivity index (χ2n) is 4.96. The highest BCUT2D eigenvalue weighted by atomic mass is 35.5. The zero-order valence-corrected chi connectivity index (χ0v) is 13.8. The maximum absolute atomic E-state index is 13.1. The molecule has 1 heterocycles. The zero-order chi connectivity index (χ0) is 16.1. The van der Waals surface area contributed by atoms with Crippen LogP contribution in [0.5, 0.6) is 0 Å². The van der Waals surface area contributed by atoms with Crippen LogP contribution in [0.3, 0.4) is 0 Å². The summed E-state index contributed by atoms with van der Waals surface area (Å²) in [4.78, 5) is 2.03. The van der Waals surface area contributed by atoms with Crippen molar-refractivity contribution >= 4 is 34.6 Å². The average Bonchev–Trinajstić information content (AvgIpc) is 2.97. The third-order valence-electron chi connectivity index (χ3n) is 3.13. The van der Waals surface area contributed by atoms with Crippen LogP contribution < -0.4 is 10.6 Å². The van der Waals surface area contributed by atoms with Gasteiger partial charge in [0.2, 0.25) is 0 Å². The summed E-state index contributed by atoms with van der Waals surface area (Å²) in [6, 6.07) is 8.17. The number of halogens is 2. The molecule has 2 rings (SSSR count). The largest absolute Gasteiger partial charge is 0.468 e. The molecule has 0 amide bonds. The highest BCUT2D eigenvalue weighted by molar-refractivity contribution is 7.80. The molecule has 22 heavy (non-hydrogen) atoms. The fraction of sp³-hybridized carbons (Fsp3) is 0.267. The second kappa shape index (κ2) is 7.58. The molecule has 0 aliphatic heterocycles. The number of thiocarbonyl (C=S) groups is 1. The molecule has 0 saturated heterocycles. The van der Waals surface area contributed by atoms with E-state index in [4.69, 9.17) is 28.2 Å². The van der Waals surface area contributed by atoms with Gasteiger partial charge in [0.25, 0.3) is 0 Å². The van der Waals surface area contributed by atoms with E-state index in [1.165, 1.54) is 12.1 Å². The van der Waals surface area contributed by atoms with Crippen LogP contribution >= 0.6 is 23.8 Å². The summed E-state index contributed by atoms with van der Waals surface area (Å²) in [5, 5.41) is 6.57. The molecule has 0 spiro atoms. The van der Waals surface area contributed by atoms with E-state index in [-0.39, 0.29) is 11.1 Å². The van der Waals surface area contributed by atoms with Crippen molar-refractivity contribution in [2.45, 2.75) is 6.04 Å². The van der Waals surface area contributed by atoms with Crippen molar-refractivity contribution in [2.24, 2.45) is 0 Å². The Bertz CT molecular complexity index is 634. The van der Waals surface area contributed by atoms with Gasteiger partial charge in [0.05, 0.1) is 17.3 Å². The molecule has 0 saturated carbocycles. The molecule has 0 fully saturated rings. The van der Waals surface area contributed by atoms with Gasteiger partial charge in [-0.05, 0) is 56.6 Å². The summed E-state index contributed by atoms with van der Waals surface area (Å²) in [5.41, 5.74) is 0.628. The van der Waals surface area contributed by atoms with Crippen molar-refractivity contribution in [2.75, 3.05) is 26.0 Å². The number of nitrogens with one attached hydrogen (secondary N) is 2. The van der Waals surface area contributed by atoms with Gasteiger partial charge in [0, 0.05) is 12.2 Å². The van der Waals surface area contributed by atoms with Gasteiger partial charge >= 0.3 is 0 Å². The van der Waals surface area contributed by atoms with Crippen LogP contribution in [0, 0.1) is 5.82 Å². The van der Waals surface area contributed by atoms with Gasteiger partial charge in [-0.15, -0.1) is 0 Å². The summed E-state index contributed by atoms with van der Waals surface area (Å²) >= 11 is 11.0. The third kappa shape index (κ3) is 4.43. The number of likely N-dealkylation sites (N-methyl/N-ethyl adjacent to an activating group) is 1. The SMILES string of the molecule is CN(C)[C@@H](CNC(=S)Nc1ccc(F)c(Cl)c1)c1ccco1. The molecule has 7 heteroatoms. The first-order valence-corrected chi connectivity index (χ1v) is 7.45. The van der Waals surface area contributed by atoms with E-state index in [0.29, 0.717) is 17.3 Å². The first kappa shape index (κ1) is 16.7. The third-order valence-corrected chi connectivity index (χ3v) is 3.66. The first-order chi connectivity index (χ1) is 10.5. The molecular weight excluding hydrogens is 325 g/mol. The summed E-state index contributed by atoms with van der Waals surface area (Å²) < 4.78 is 18.5. The van der Waals surface area contributed by atoms with Crippen LogP contribution in [-0.2, 0) is 0 Å². The number of anilines is 1. The lowest BCUT2D eigenvalue weighted by Gasteiger charge is -2.23. The molecule has 1 atom stereocenters. The zero-order valence-electron chi connectivity index (χ0n) is 12.3. The molecule has 118 valence electrons. The molecule has 2 aromatic rings. The van der Waals surface area contributed by atoms with E-state index in [1.54, 1.807) is 12.3 Å². The van der Waals surface area contributed by atoms with E-state index >= 15 is 0 Å². The fourth-order valence-corrected chi connectivity index (χ4v) is 2.34. The average molecular weight is 342 g/mol. The molecule has 4 nitrogen and oxygen atoms in total. The molecule has 0 bridgehead atoms. The monoisotopic (exact) mass is 341 g/mol. The van der Waals surface area contributed by atoms with Crippen LogP contribution in [0.25, 0.3) is 0 Å². The number of furan rings is 1. The van der Waals surface area contributed by atoms with Gasteiger partial charge in [-0.1, -0.05) is 11.6 Å². The van der Waals surface area contributed by atoms with Crippen molar-refractivity contribution in [1.82, 2.24) is 10.2 Å². The number of nitrogens with zero attached hydrogens (tertiary/aromatic N) is 1. The fourth-order valence-electron chi connectivity index (χ4n) is 1.96. The highest BCUT2D eigenvalue weighted by Crippen LogP contribution is 2.20. The molecule has 0 aliphatic rings. The number of benzene rings is 1. The van der Waals surface area contributed by atoms with Crippen molar-refractivity contribution in [3.63, 3.8) is 0 Å². The van der Waals surface area contributed by atoms with Gasteiger partial charge in [0.1, 0.15) is 11.6 Å². The van der Waals surface area contributed by atoms with Gasteiger partial charge < -0.3 is 15.1 Å². The summed E-state index contributed by atoms with van der Waals surface area (Å²) in [6.07, 6.45) is 1.64.